The van der Waals surface area contributed by atoms with Gasteiger partial charge in [-0.3, -0.25) is 5.43 Å². The number of aryl methyl sites for hydroxylation is 1. The van der Waals surface area contributed by atoms with Gasteiger partial charge in [-0.2, -0.15) is 4.98 Å². The lowest BCUT2D eigenvalue weighted by Gasteiger charge is -2.35. The van der Waals surface area contributed by atoms with Crippen molar-refractivity contribution < 1.29 is 0 Å². The Kier molecular flexibility index (Phi) is 3.66. The predicted octanol–water partition coefficient (Wildman–Crippen LogP) is 0.854. The molecule has 1 aliphatic rings. The molecule has 0 atom stereocenters. The molecule has 0 aromatic carbocycles. The SMILES string of the molecule is Cc1cnc(NN)nc1N1CCN(c2nccs2)CC1. The van der Waals surface area contributed by atoms with E-state index in [1.54, 1.807) is 17.5 Å². The second-order valence-corrected chi connectivity index (χ2v) is 5.51. The largest absolute Gasteiger partial charge is 0.353 e. The highest BCUT2D eigenvalue weighted by atomic mass is 32.1. The summed E-state index contributed by atoms with van der Waals surface area (Å²) in [6, 6.07) is 0. The van der Waals surface area contributed by atoms with Crippen LogP contribution in [-0.4, -0.2) is 41.1 Å². The first kappa shape index (κ1) is 13.1. The Hall–Kier alpha value is -1.93. The van der Waals surface area contributed by atoms with E-state index in [2.05, 4.69) is 30.2 Å². The standard InChI is InChI=1S/C12H17N7S/c1-9-8-15-11(17-13)16-10(9)18-3-5-19(6-4-18)12-14-2-7-20-12/h2,7-8H,3-6,13H2,1H3,(H,15,16,17). The summed E-state index contributed by atoms with van der Waals surface area (Å²) in [5.74, 6) is 6.78. The van der Waals surface area contributed by atoms with E-state index in [1.807, 2.05) is 18.5 Å². The molecule has 0 radical (unpaired) electrons. The van der Waals surface area contributed by atoms with Crippen molar-refractivity contribution in [1.82, 2.24) is 15.0 Å². The van der Waals surface area contributed by atoms with Crippen LogP contribution in [-0.2, 0) is 0 Å². The first-order valence-electron chi connectivity index (χ1n) is 6.47. The zero-order valence-electron chi connectivity index (χ0n) is 11.3. The molecule has 3 N–H and O–H groups in total. The second kappa shape index (κ2) is 5.59. The Morgan fingerprint density at radius 3 is 2.60 bits per heavy atom. The number of hydrogen-bond donors (Lipinski definition) is 2. The minimum absolute atomic E-state index is 0.452. The van der Waals surface area contributed by atoms with E-state index in [0.29, 0.717) is 5.95 Å². The van der Waals surface area contributed by atoms with Crippen LogP contribution in [0.5, 0.6) is 0 Å². The molecular weight excluding hydrogens is 274 g/mol. The summed E-state index contributed by atoms with van der Waals surface area (Å²) < 4.78 is 0. The lowest BCUT2D eigenvalue weighted by atomic mass is 10.2. The predicted molar refractivity (Wildman–Crippen MR) is 81.1 cm³/mol. The van der Waals surface area contributed by atoms with Gasteiger partial charge in [0.05, 0.1) is 0 Å². The molecule has 0 bridgehead atoms. The Morgan fingerprint density at radius 2 is 1.95 bits per heavy atom. The average molecular weight is 291 g/mol. The van der Waals surface area contributed by atoms with Crippen molar-refractivity contribution in [1.29, 1.82) is 0 Å². The number of thiazole rings is 1. The van der Waals surface area contributed by atoms with Crippen molar-refractivity contribution in [2.24, 2.45) is 5.84 Å². The van der Waals surface area contributed by atoms with Gasteiger partial charge in [0.2, 0.25) is 5.95 Å². The van der Waals surface area contributed by atoms with Gasteiger partial charge in [-0.25, -0.2) is 15.8 Å². The van der Waals surface area contributed by atoms with Crippen molar-refractivity contribution in [2.75, 3.05) is 41.4 Å². The molecule has 0 unspecified atom stereocenters. The Morgan fingerprint density at radius 1 is 1.20 bits per heavy atom. The van der Waals surface area contributed by atoms with Crippen molar-refractivity contribution in [3.63, 3.8) is 0 Å². The molecule has 8 heteroatoms. The third-order valence-electron chi connectivity index (χ3n) is 3.34. The number of rotatable bonds is 3. The number of nitrogen functional groups attached to an aromatic ring is 1. The van der Waals surface area contributed by atoms with E-state index in [9.17, 15) is 0 Å². The number of nitrogens with one attached hydrogen (secondary N) is 1. The van der Waals surface area contributed by atoms with Crippen molar-refractivity contribution >= 4 is 28.2 Å². The van der Waals surface area contributed by atoms with Gasteiger partial charge in [0.15, 0.2) is 5.13 Å². The van der Waals surface area contributed by atoms with E-state index in [1.165, 1.54) is 0 Å². The van der Waals surface area contributed by atoms with E-state index in [-0.39, 0.29) is 0 Å². The molecule has 106 valence electrons. The second-order valence-electron chi connectivity index (χ2n) is 4.63. The summed E-state index contributed by atoms with van der Waals surface area (Å²) in [7, 11) is 0. The lowest BCUT2D eigenvalue weighted by molar-refractivity contribution is 0.644. The number of hydrogen-bond acceptors (Lipinski definition) is 8. The summed E-state index contributed by atoms with van der Waals surface area (Å²) in [4.78, 5) is 17.5. The van der Waals surface area contributed by atoms with E-state index in [4.69, 9.17) is 5.84 Å². The summed E-state index contributed by atoms with van der Waals surface area (Å²) in [5.41, 5.74) is 3.56. The molecule has 7 nitrogen and oxygen atoms in total. The molecule has 1 saturated heterocycles. The highest BCUT2D eigenvalue weighted by Gasteiger charge is 2.21. The monoisotopic (exact) mass is 291 g/mol. The van der Waals surface area contributed by atoms with Gasteiger partial charge < -0.3 is 9.80 Å². The Labute approximate surface area is 121 Å². The van der Waals surface area contributed by atoms with E-state index < -0.39 is 0 Å². The van der Waals surface area contributed by atoms with Gasteiger partial charge >= 0.3 is 0 Å². The van der Waals surface area contributed by atoms with Crippen LogP contribution in [0.25, 0.3) is 0 Å². The Balaban J connectivity index is 1.72. The molecule has 0 amide bonds. The summed E-state index contributed by atoms with van der Waals surface area (Å²) in [6.45, 7) is 5.75. The van der Waals surface area contributed by atoms with Crippen LogP contribution in [0, 0.1) is 6.92 Å². The fraction of sp³-hybridized carbons (Fsp3) is 0.417. The number of aromatic nitrogens is 3. The zero-order chi connectivity index (χ0) is 13.9. The fourth-order valence-corrected chi connectivity index (χ4v) is 3.00. The van der Waals surface area contributed by atoms with Crippen LogP contribution in [0.15, 0.2) is 17.8 Å². The molecule has 3 heterocycles. The van der Waals surface area contributed by atoms with E-state index in [0.717, 1.165) is 42.7 Å². The number of nitrogens with two attached hydrogens (primary N) is 1. The molecule has 3 rings (SSSR count). The van der Waals surface area contributed by atoms with Gasteiger partial charge in [0.1, 0.15) is 5.82 Å². The minimum atomic E-state index is 0.452. The fourth-order valence-electron chi connectivity index (χ4n) is 2.30. The van der Waals surface area contributed by atoms with Crippen LogP contribution < -0.4 is 21.1 Å². The van der Waals surface area contributed by atoms with E-state index >= 15 is 0 Å². The lowest BCUT2D eigenvalue weighted by Crippen LogP contribution is -2.47. The first-order chi connectivity index (χ1) is 9.78. The number of hydrazine groups is 1. The Bertz CT molecular complexity index is 563. The molecule has 0 aliphatic carbocycles. The van der Waals surface area contributed by atoms with Crippen LogP contribution >= 0.6 is 11.3 Å². The minimum Gasteiger partial charge on any atom is -0.353 e. The maximum Gasteiger partial charge on any atom is 0.239 e. The summed E-state index contributed by atoms with van der Waals surface area (Å²) in [6.07, 6.45) is 3.64. The van der Waals surface area contributed by atoms with Gasteiger partial charge in [-0.1, -0.05) is 0 Å². The number of piperazine rings is 1. The van der Waals surface area contributed by atoms with Crippen LogP contribution in [0.1, 0.15) is 5.56 Å². The maximum atomic E-state index is 5.38. The van der Waals surface area contributed by atoms with Gasteiger partial charge in [-0.15, -0.1) is 11.3 Å². The van der Waals surface area contributed by atoms with Crippen molar-refractivity contribution in [3.8, 4) is 0 Å². The van der Waals surface area contributed by atoms with Gasteiger partial charge in [-0.05, 0) is 6.92 Å². The molecule has 2 aromatic heterocycles. The van der Waals surface area contributed by atoms with Crippen LogP contribution in [0.4, 0.5) is 16.9 Å². The average Bonchev–Trinajstić information content (AvgIpc) is 3.02. The maximum absolute atomic E-state index is 5.38. The quantitative estimate of drug-likeness (QED) is 0.641. The van der Waals surface area contributed by atoms with Crippen LogP contribution in [0.3, 0.4) is 0 Å². The summed E-state index contributed by atoms with van der Waals surface area (Å²) in [5, 5.41) is 3.10. The van der Waals surface area contributed by atoms with Gasteiger partial charge in [0.25, 0.3) is 0 Å². The van der Waals surface area contributed by atoms with Crippen molar-refractivity contribution in [2.45, 2.75) is 6.92 Å². The molecule has 20 heavy (non-hydrogen) atoms. The molecule has 2 aromatic rings. The first-order valence-corrected chi connectivity index (χ1v) is 7.35. The number of nitrogens with zero attached hydrogens (tertiary/aromatic N) is 5. The van der Waals surface area contributed by atoms with Crippen LogP contribution in [0.2, 0.25) is 0 Å². The highest BCUT2D eigenvalue weighted by molar-refractivity contribution is 7.13. The molecule has 0 spiro atoms. The van der Waals surface area contributed by atoms with Gasteiger partial charge in [0, 0.05) is 49.5 Å². The highest BCUT2D eigenvalue weighted by Crippen LogP contribution is 2.23. The van der Waals surface area contributed by atoms with Crippen molar-refractivity contribution in [3.05, 3.63) is 23.3 Å². The molecule has 1 fully saturated rings. The topological polar surface area (TPSA) is 83.2 Å². The number of anilines is 3. The molecule has 0 saturated carbocycles. The smallest absolute Gasteiger partial charge is 0.239 e. The normalized spacial score (nSPS) is 15.5. The third-order valence-corrected chi connectivity index (χ3v) is 4.18. The zero-order valence-corrected chi connectivity index (χ0v) is 12.1. The molecular formula is C12H17N7S. The molecule has 1 aliphatic heterocycles. The third kappa shape index (κ3) is 2.52. The summed E-state index contributed by atoms with van der Waals surface area (Å²) >= 11 is 1.68.